The Hall–Kier alpha value is -1.36. The van der Waals surface area contributed by atoms with E-state index in [-0.39, 0.29) is 0 Å². The molecular formula is C15H24N4O. The van der Waals surface area contributed by atoms with E-state index in [1.807, 2.05) is 0 Å². The van der Waals surface area contributed by atoms with Crippen LogP contribution in [0.1, 0.15) is 38.5 Å². The zero-order chi connectivity index (χ0) is 13.8. The normalized spacial score (nSPS) is 22.1. The second-order valence-electron chi connectivity index (χ2n) is 5.81. The van der Waals surface area contributed by atoms with Gasteiger partial charge in [-0.05, 0) is 25.7 Å². The average Bonchev–Trinajstić information content (AvgIpc) is 3.03. The minimum absolute atomic E-state index is 0.484. The van der Waals surface area contributed by atoms with Gasteiger partial charge in [-0.2, -0.15) is 0 Å². The lowest BCUT2D eigenvalue weighted by Crippen LogP contribution is -2.43. The van der Waals surface area contributed by atoms with Crippen LogP contribution in [0.15, 0.2) is 12.4 Å². The maximum atomic E-state index is 5.24. The van der Waals surface area contributed by atoms with E-state index in [1.54, 1.807) is 19.5 Å². The molecule has 1 aromatic heterocycles. The fraction of sp³-hybridized carbons (Fsp3) is 0.733. The molecule has 2 heterocycles. The first-order chi connectivity index (χ1) is 9.86. The highest BCUT2D eigenvalue weighted by Gasteiger charge is 2.27. The van der Waals surface area contributed by atoms with Crippen molar-refractivity contribution in [2.75, 3.05) is 25.5 Å². The Bertz CT molecular complexity index is 426. The molecule has 2 aliphatic rings. The van der Waals surface area contributed by atoms with Gasteiger partial charge in [-0.15, -0.1) is 0 Å². The predicted molar refractivity (Wildman–Crippen MR) is 79.1 cm³/mol. The number of ether oxygens (including phenoxy) is 1. The molecule has 0 radical (unpaired) electrons. The first-order valence-corrected chi connectivity index (χ1v) is 7.72. The Balaban J connectivity index is 1.53. The maximum Gasteiger partial charge on any atom is 0.257 e. The number of hydrogen-bond acceptors (Lipinski definition) is 5. The lowest BCUT2D eigenvalue weighted by atomic mass is 10.0. The molecule has 1 saturated heterocycles. The number of nitrogens with one attached hydrogen (secondary N) is 1. The van der Waals surface area contributed by atoms with Crippen LogP contribution in [-0.2, 0) is 0 Å². The summed E-state index contributed by atoms with van der Waals surface area (Å²) in [6.45, 7) is 2.40. The minimum Gasteiger partial charge on any atom is -0.478 e. The van der Waals surface area contributed by atoms with Gasteiger partial charge < -0.3 is 15.0 Å². The molecule has 0 aromatic carbocycles. The van der Waals surface area contributed by atoms with Gasteiger partial charge in [0.05, 0.1) is 7.11 Å². The molecular weight excluding hydrogens is 252 g/mol. The summed E-state index contributed by atoms with van der Waals surface area (Å²) < 4.78 is 5.24. The lowest BCUT2D eigenvalue weighted by molar-refractivity contribution is 0.159. The van der Waals surface area contributed by atoms with Crippen LogP contribution in [0.5, 0.6) is 5.88 Å². The summed E-state index contributed by atoms with van der Waals surface area (Å²) in [5.74, 6) is 1.36. The van der Waals surface area contributed by atoms with Crippen molar-refractivity contribution in [3.8, 4) is 5.88 Å². The van der Waals surface area contributed by atoms with Gasteiger partial charge in [0, 0.05) is 37.6 Å². The summed E-state index contributed by atoms with van der Waals surface area (Å²) in [6.07, 6.45) is 11.4. The fourth-order valence-electron chi connectivity index (χ4n) is 3.45. The number of methoxy groups -OCH3 is 1. The largest absolute Gasteiger partial charge is 0.478 e. The van der Waals surface area contributed by atoms with Crippen LogP contribution in [0.2, 0.25) is 0 Å². The highest BCUT2D eigenvalue weighted by Crippen LogP contribution is 2.27. The standard InChI is InChI=1S/C15H24N4O/c1-20-15-14(16-8-9-17-15)18-12-6-10-19(11-7-12)13-4-2-3-5-13/h8-9,12-13H,2-7,10-11H2,1H3,(H,16,18). The van der Waals surface area contributed by atoms with Gasteiger partial charge >= 0.3 is 0 Å². The summed E-state index contributed by atoms with van der Waals surface area (Å²) in [5.41, 5.74) is 0. The van der Waals surface area contributed by atoms with E-state index in [1.165, 1.54) is 51.6 Å². The van der Waals surface area contributed by atoms with Crippen LogP contribution in [-0.4, -0.2) is 47.2 Å². The molecule has 0 unspecified atom stereocenters. The molecule has 3 rings (SSSR count). The summed E-state index contributed by atoms with van der Waals surface area (Å²) in [7, 11) is 1.64. The highest BCUT2D eigenvalue weighted by atomic mass is 16.5. The maximum absolute atomic E-state index is 5.24. The summed E-state index contributed by atoms with van der Waals surface area (Å²) in [5, 5.41) is 3.49. The average molecular weight is 276 g/mol. The minimum atomic E-state index is 0.484. The van der Waals surface area contributed by atoms with Crippen LogP contribution in [0.25, 0.3) is 0 Å². The van der Waals surface area contributed by atoms with Crippen molar-refractivity contribution in [1.82, 2.24) is 14.9 Å². The number of rotatable bonds is 4. The zero-order valence-corrected chi connectivity index (χ0v) is 12.2. The van der Waals surface area contributed by atoms with E-state index in [4.69, 9.17) is 4.74 Å². The Kier molecular flexibility index (Phi) is 4.35. The van der Waals surface area contributed by atoms with Gasteiger partial charge in [-0.25, -0.2) is 9.97 Å². The van der Waals surface area contributed by atoms with E-state index < -0.39 is 0 Å². The van der Waals surface area contributed by atoms with Gasteiger partial charge in [-0.3, -0.25) is 0 Å². The van der Waals surface area contributed by atoms with Gasteiger partial charge in [-0.1, -0.05) is 12.8 Å². The lowest BCUT2D eigenvalue weighted by Gasteiger charge is -2.36. The molecule has 1 aliphatic heterocycles. The fourth-order valence-corrected chi connectivity index (χ4v) is 3.45. The molecule has 5 heteroatoms. The number of nitrogens with zero attached hydrogens (tertiary/aromatic N) is 3. The van der Waals surface area contributed by atoms with E-state index >= 15 is 0 Å². The molecule has 1 N–H and O–H groups in total. The molecule has 0 bridgehead atoms. The van der Waals surface area contributed by atoms with E-state index in [9.17, 15) is 0 Å². The topological polar surface area (TPSA) is 50.3 Å². The number of likely N-dealkylation sites (tertiary alicyclic amines) is 1. The summed E-state index contributed by atoms with van der Waals surface area (Å²) >= 11 is 0. The molecule has 0 amide bonds. The van der Waals surface area contributed by atoms with E-state index in [2.05, 4.69) is 20.2 Å². The smallest absolute Gasteiger partial charge is 0.257 e. The van der Waals surface area contributed by atoms with Crippen LogP contribution in [0.3, 0.4) is 0 Å². The second-order valence-corrected chi connectivity index (χ2v) is 5.81. The Morgan fingerprint density at radius 2 is 1.80 bits per heavy atom. The first-order valence-electron chi connectivity index (χ1n) is 7.72. The molecule has 1 aliphatic carbocycles. The summed E-state index contributed by atoms with van der Waals surface area (Å²) in [4.78, 5) is 11.2. The van der Waals surface area contributed by atoms with Crippen molar-refractivity contribution in [3.05, 3.63) is 12.4 Å². The van der Waals surface area contributed by atoms with E-state index in [0.717, 1.165) is 11.9 Å². The zero-order valence-electron chi connectivity index (χ0n) is 12.2. The van der Waals surface area contributed by atoms with Crippen LogP contribution < -0.4 is 10.1 Å². The Morgan fingerprint density at radius 1 is 1.10 bits per heavy atom. The number of hydrogen-bond donors (Lipinski definition) is 1. The third-order valence-electron chi connectivity index (χ3n) is 4.57. The van der Waals surface area contributed by atoms with Crippen LogP contribution in [0.4, 0.5) is 5.82 Å². The predicted octanol–water partition coefficient (Wildman–Crippen LogP) is 2.30. The molecule has 0 atom stereocenters. The second kappa shape index (κ2) is 6.39. The van der Waals surface area contributed by atoms with Crippen molar-refractivity contribution in [2.24, 2.45) is 0 Å². The van der Waals surface area contributed by atoms with Gasteiger partial charge in [0.1, 0.15) is 0 Å². The molecule has 110 valence electrons. The number of anilines is 1. The molecule has 5 nitrogen and oxygen atoms in total. The highest BCUT2D eigenvalue weighted by molar-refractivity contribution is 5.45. The van der Waals surface area contributed by atoms with Gasteiger partial charge in [0.25, 0.3) is 5.88 Å². The molecule has 20 heavy (non-hydrogen) atoms. The summed E-state index contributed by atoms with van der Waals surface area (Å²) in [6, 6.07) is 1.33. The molecule has 2 fully saturated rings. The molecule has 1 saturated carbocycles. The number of piperidine rings is 1. The van der Waals surface area contributed by atoms with Gasteiger partial charge in [0.2, 0.25) is 0 Å². The first kappa shape index (κ1) is 13.6. The van der Waals surface area contributed by atoms with Crippen molar-refractivity contribution < 1.29 is 4.74 Å². The SMILES string of the molecule is COc1nccnc1NC1CCN(C2CCCC2)CC1. The van der Waals surface area contributed by atoms with Crippen molar-refractivity contribution in [1.29, 1.82) is 0 Å². The number of aromatic nitrogens is 2. The quantitative estimate of drug-likeness (QED) is 0.914. The van der Waals surface area contributed by atoms with Crippen molar-refractivity contribution in [3.63, 3.8) is 0 Å². The van der Waals surface area contributed by atoms with Gasteiger partial charge in [0.15, 0.2) is 5.82 Å². The Morgan fingerprint density at radius 3 is 2.50 bits per heavy atom. The van der Waals surface area contributed by atoms with Crippen LogP contribution >= 0.6 is 0 Å². The monoisotopic (exact) mass is 276 g/mol. The van der Waals surface area contributed by atoms with Crippen molar-refractivity contribution >= 4 is 5.82 Å². The third kappa shape index (κ3) is 3.03. The molecule has 0 spiro atoms. The third-order valence-corrected chi connectivity index (χ3v) is 4.57. The molecule has 1 aromatic rings. The Labute approximate surface area is 120 Å². The van der Waals surface area contributed by atoms with Crippen molar-refractivity contribution in [2.45, 2.75) is 50.6 Å². The van der Waals surface area contributed by atoms with E-state index in [0.29, 0.717) is 11.9 Å². The van der Waals surface area contributed by atoms with Crippen LogP contribution in [0, 0.1) is 0 Å².